The molecule has 28 heavy (non-hydrogen) atoms. The molecule has 4 heteroatoms. The number of benzene rings is 1. The first-order valence-electron chi connectivity index (χ1n) is 9.01. The fraction of sp³-hybridized carbons (Fsp3) is 0.125. The molecular weight excluding hydrogens is 410 g/mol. The van der Waals surface area contributed by atoms with Crippen LogP contribution in [0.25, 0.3) is 0 Å². The minimum absolute atomic E-state index is 0.495. The molecule has 0 aromatic heterocycles. The first-order valence-corrected chi connectivity index (χ1v) is 9.81. The smallest absolute Gasteiger partial charge is 0.161 e. The molecule has 0 saturated heterocycles. The molecular formula is C24H24BrN3. The van der Waals surface area contributed by atoms with Crippen LogP contribution in [0.2, 0.25) is 0 Å². The third-order valence-electron chi connectivity index (χ3n) is 3.83. The van der Waals surface area contributed by atoms with Gasteiger partial charge in [-0.1, -0.05) is 89.3 Å². The Morgan fingerprint density at radius 3 is 2.64 bits per heavy atom. The van der Waals surface area contributed by atoms with Crippen LogP contribution >= 0.6 is 15.9 Å². The van der Waals surface area contributed by atoms with Crippen LogP contribution in [0.5, 0.6) is 0 Å². The van der Waals surface area contributed by atoms with Crippen molar-refractivity contribution in [3.05, 3.63) is 107 Å². The second-order valence-corrected chi connectivity index (χ2v) is 6.82. The van der Waals surface area contributed by atoms with Crippen LogP contribution in [-0.4, -0.2) is 24.9 Å². The number of allylic oxidation sites excluding steroid dienone is 7. The van der Waals surface area contributed by atoms with Crippen molar-refractivity contribution in [2.75, 3.05) is 6.54 Å². The highest BCUT2D eigenvalue weighted by Crippen LogP contribution is 2.15. The van der Waals surface area contributed by atoms with Crippen molar-refractivity contribution in [3.63, 3.8) is 0 Å². The molecule has 2 rings (SSSR count). The van der Waals surface area contributed by atoms with Gasteiger partial charge in [-0.3, -0.25) is 4.99 Å². The minimum Gasteiger partial charge on any atom is -0.261 e. The van der Waals surface area contributed by atoms with Gasteiger partial charge < -0.3 is 0 Å². The molecule has 0 amide bonds. The van der Waals surface area contributed by atoms with Gasteiger partial charge in [-0.25, -0.2) is 9.98 Å². The second-order valence-electron chi connectivity index (χ2n) is 5.91. The Bertz CT molecular complexity index is 908. The molecule has 0 spiro atoms. The van der Waals surface area contributed by atoms with Crippen LogP contribution in [0.3, 0.4) is 0 Å². The lowest BCUT2D eigenvalue weighted by molar-refractivity contribution is 1.17. The Balaban J connectivity index is 2.48. The van der Waals surface area contributed by atoms with E-state index in [1.54, 1.807) is 6.08 Å². The van der Waals surface area contributed by atoms with Crippen LogP contribution in [0.15, 0.2) is 116 Å². The van der Waals surface area contributed by atoms with E-state index in [2.05, 4.69) is 46.4 Å². The van der Waals surface area contributed by atoms with Gasteiger partial charge in [0.15, 0.2) is 11.7 Å². The van der Waals surface area contributed by atoms with Crippen LogP contribution < -0.4 is 0 Å². The third-order valence-corrected chi connectivity index (χ3v) is 4.36. The molecule has 0 heterocycles. The largest absolute Gasteiger partial charge is 0.261 e. The topological polar surface area (TPSA) is 37.1 Å². The monoisotopic (exact) mass is 433 g/mol. The van der Waals surface area contributed by atoms with Gasteiger partial charge in [-0.05, 0) is 37.8 Å². The van der Waals surface area contributed by atoms with E-state index in [0.717, 1.165) is 27.6 Å². The van der Waals surface area contributed by atoms with Crippen LogP contribution in [0.4, 0.5) is 0 Å². The summed E-state index contributed by atoms with van der Waals surface area (Å²) in [6.45, 7) is 9.95. The maximum atomic E-state index is 4.77. The molecule has 0 N–H and O–H groups in total. The third kappa shape index (κ3) is 6.71. The van der Waals surface area contributed by atoms with Gasteiger partial charge in [-0.2, -0.15) is 0 Å². The van der Waals surface area contributed by atoms with Crippen LogP contribution in [-0.2, 0) is 0 Å². The average Bonchev–Trinajstić information content (AvgIpc) is 2.99. The summed E-state index contributed by atoms with van der Waals surface area (Å²) in [6, 6.07) is 7.82. The number of nitrogens with zero attached hydrogens (tertiary/aromatic N) is 3. The number of halogens is 1. The number of rotatable bonds is 6. The first kappa shape index (κ1) is 21.5. The molecule has 1 aliphatic carbocycles. The van der Waals surface area contributed by atoms with Crippen molar-refractivity contribution in [2.45, 2.75) is 13.3 Å². The maximum Gasteiger partial charge on any atom is 0.161 e. The van der Waals surface area contributed by atoms with E-state index in [1.165, 1.54) is 0 Å². The highest BCUT2D eigenvalue weighted by molar-refractivity contribution is 9.10. The Hall–Kier alpha value is -2.85. The average molecular weight is 434 g/mol. The van der Waals surface area contributed by atoms with Crippen molar-refractivity contribution in [1.82, 2.24) is 0 Å². The summed E-state index contributed by atoms with van der Waals surface area (Å²) >= 11 is 3.45. The number of hydrogen-bond acceptors (Lipinski definition) is 1. The van der Waals surface area contributed by atoms with Crippen molar-refractivity contribution in [1.29, 1.82) is 0 Å². The standard InChI is InChI=1S/C24H24BrN3/c1-4-10-19(11-5-2)18-27-24(20-12-8-6-7-9-13-20)28-23(26-3)21-14-16-22(25)17-15-21/h4-6,8-17H,1,3,7,18H2,2H3/b11-5-,19-10+,27-24?,28-23?. The lowest BCUT2D eigenvalue weighted by atomic mass is 10.1. The van der Waals surface area contributed by atoms with E-state index < -0.39 is 0 Å². The predicted octanol–water partition coefficient (Wildman–Crippen LogP) is 6.43. The van der Waals surface area contributed by atoms with Crippen molar-refractivity contribution < 1.29 is 0 Å². The van der Waals surface area contributed by atoms with Crippen molar-refractivity contribution >= 4 is 34.3 Å². The highest BCUT2D eigenvalue weighted by atomic mass is 79.9. The first-order chi connectivity index (χ1) is 13.7. The zero-order valence-corrected chi connectivity index (χ0v) is 17.6. The summed E-state index contributed by atoms with van der Waals surface area (Å²) in [5, 5.41) is 0. The minimum atomic E-state index is 0.495. The van der Waals surface area contributed by atoms with Crippen LogP contribution in [0.1, 0.15) is 18.9 Å². The van der Waals surface area contributed by atoms with E-state index in [4.69, 9.17) is 9.98 Å². The van der Waals surface area contributed by atoms with Gasteiger partial charge in [-0.15, -0.1) is 0 Å². The van der Waals surface area contributed by atoms with Gasteiger partial charge >= 0.3 is 0 Å². The van der Waals surface area contributed by atoms with Crippen molar-refractivity contribution in [2.24, 2.45) is 15.0 Å². The van der Waals surface area contributed by atoms with E-state index >= 15 is 0 Å². The number of hydrogen-bond donors (Lipinski definition) is 0. The van der Waals surface area contributed by atoms with Gasteiger partial charge in [0.1, 0.15) is 0 Å². The predicted molar refractivity (Wildman–Crippen MR) is 127 cm³/mol. The zero-order chi connectivity index (χ0) is 20.2. The molecule has 0 unspecified atom stereocenters. The molecule has 142 valence electrons. The lowest BCUT2D eigenvalue weighted by Gasteiger charge is -2.06. The highest BCUT2D eigenvalue weighted by Gasteiger charge is 2.08. The van der Waals surface area contributed by atoms with Gasteiger partial charge in [0.25, 0.3) is 0 Å². The normalized spacial score (nSPS) is 15.5. The Morgan fingerprint density at radius 1 is 1.18 bits per heavy atom. The molecule has 0 bridgehead atoms. The summed E-state index contributed by atoms with van der Waals surface area (Å²) in [4.78, 5) is 13.6. The fourth-order valence-corrected chi connectivity index (χ4v) is 2.77. The molecule has 0 fully saturated rings. The molecule has 1 aliphatic rings. The summed E-state index contributed by atoms with van der Waals surface area (Å²) in [5.41, 5.74) is 2.87. The molecule has 1 aromatic rings. The summed E-state index contributed by atoms with van der Waals surface area (Å²) in [5.74, 6) is 1.15. The van der Waals surface area contributed by atoms with Crippen LogP contribution in [0, 0.1) is 0 Å². The molecule has 0 atom stereocenters. The molecule has 0 aliphatic heterocycles. The molecule has 0 radical (unpaired) electrons. The Kier molecular flexibility index (Phi) is 9.02. The maximum absolute atomic E-state index is 4.77. The summed E-state index contributed by atoms with van der Waals surface area (Å²) < 4.78 is 0.999. The van der Waals surface area contributed by atoms with E-state index in [-0.39, 0.29) is 0 Å². The molecule has 0 saturated carbocycles. The Labute approximate surface area is 175 Å². The van der Waals surface area contributed by atoms with E-state index in [0.29, 0.717) is 18.2 Å². The Morgan fingerprint density at radius 2 is 1.96 bits per heavy atom. The quantitative estimate of drug-likeness (QED) is 0.281. The zero-order valence-electron chi connectivity index (χ0n) is 16.1. The SMILES string of the molecule is C=C/C=C(\C=C/C)CN=C(N=C(N=C)c1ccc(Br)cc1)C1=CC=CCC=C1. The van der Waals surface area contributed by atoms with Crippen molar-refractivity contribution in [3.8, 4) is 0 Å². The fourth-order valence-electron chi connectivity index (χ4n) is 2.50. The number of aliphatic imine (C=N–C) groups is 3. The lowest BCUT2D eigenvalue weighted by Crippen LogP contribution is -2.06. The molecule has 3 nitrogen and oxygen atoms in total. The van der Waals surface area contributed by atoms with Gasteiger partial charge in [0.05, 0.1) is 6.54 Å². The van der Waals surface area contributed by atoms with E-state index in [1.807, 2.05) is 67.6 Å². The van der Waals surface area contributed by atoms with Gasteiger partial charge in [0, 0.05) is 15.6 Å². The second kappa shape index (κ2) is 11.8. The van der Waals surface area contributed by atoms with Gasteiger partial charge in [0.2, 0.25) is 0 Å². The summed E-state index contributed by atoms with van der Waals surface area (Å²) in [7, 11) is 0. The molecule has 1 aromatic carbocycles. The number of amidine groups is 2. The van der Waals surface area contributed by atoms with E-state index in [9.17, 15) is 0 Å². The summed E-state index contributed by atoms with van der Waals surface area (Å²) in [6.07, 6.45) is 18.9.